The van der Waals surface area contributed by atoms with Gasteiger partial charge in [0.2, 0.25) is 0 Å². The van der Waals surface area contributed by atoms with Crippen LogP contribution >= 0.6 is 0 Å². The van der Waals surface area contributed by atoms with E-state index in [1.54, 1.807) is 18.2 Å². The van der Waals surface area contributed by atoms with Crippen molar-refractivity contribution < 1.29 is 22.3 Å². The normalized spacial score (nSPS) is 9.86. The average molecular weight is 220 g/mol. The third-order valence-electron chi connectivity index (χ3n) is 0.917. The predicted molar refractivity (Wildman–Crippen MR) is 46.9 cm³/mol. The van der Waals surface area contributed by atoms with E-state index in [4.69, 9.17) is 23.3 Å². The number of pyridine rings is 1. The third kappa shape index (κ3) is 8.59. The molecule has 0 saturated heterocycles. The van der Waals surface area contributed by atoms with E-state index in [2.05, 4.69) is 4.98 Å². The van der Waals surface area contributed by atoms with Crippen LogP contribution in [0.15, 0.2) is 24.4 Å². The molecule has 0 radical (unpaired) electrons. The lowest BCUT2D eigenvalue weighted by molar-refractivity contribution is 0.0995. The van der Waals surface area contributed by atoms with Crippen LogP contribution in [0.3, 0.4) is 0 Å². The standard InChI is InChI=1S/C6H6N2O.H2O4S/c7-6(9)5-3-1-2-4-8-5;1-5(2,3)4/h1-4H,(H2,7,9);(H2,1,2,3,4). The summed E-state index contributed by atoms with van der Waals surface area (Å²) in [5, 5.41) is 0. The maximum Gasteiger partial charge on any atom is 0.394 e. The number of nitrogens with zero attached hydrogens (tertiary/aromatic N) is 1. The molecule has 7 nitrogen and oxygen atoms in total. The van der Waals surface area contributed by atoms with Gasteiger partial charge in [0, 0.05) is 6.20 Å². The molecular weight excluding hydrogens is 212 g/mol. The van der Waals surface area contributed by atoms with Crippen molar-refractivity contribution in [2.45, 2.75) is 0 Å². The molecule has 0 unspecified atom stereocenters. The summed E-state index contributed by atoms with van der Waals surface area (Å²) in [5.74, 6) is -0.490. The molecule has 0 saturated carbocycles. The molecule has 0 aliphatic rings. The molecule has 1 aromatic heterocycles. The van der Waals surface area contributed by atoms with E-state index in [1.807, 2.05) is 0 Å². The molecule has 1 heterocycles. The van der Waals surface area contributed by atoms with Gasteiger partial charge in [0.05, 0.1) is 0 Å². The summed E-state index contributed by atoms with van der Waals surface area (Å²) < 4.78 is 31.6. The highest BCUT2D eigenvalue weighted by Crippen LogP contribution is 1.88. The van der Waals surface area contributed by atoms with Gasteiger partial charge in [-0.05, 0) is 12.1 Å². The van der Waals surface area contributed by atoms with Gasteiger partial charge in [-0.15, -0.1) is 0 Å². The maximum atomic E-state index is 10.4. The van der Waals surface area contributed by atoms with Gasteiger partial charge in [0.25, 0.3) is 5.91 Å². The number of amides is 1. The zero-order valence-corrected chi connectivity index (χ0v) is 7.68. The lowest BCUT2D eigenvalue weighted by Gasteiger charge is -1.88. The Balaban J connectivity index is 0.000000292. The lowest BCUT2D eigenvalue weighted by Crippen LogP contribution is -2.12. The minimum Gasteiger partial charge on any atom is -0.364 e. The number of aromatic nitrogens is 1. The fourth-order valence-corrected chi connectivity index (χ4v) is 0.509. The Morgan fingerprint density at radius 2 is 1.86 bits per heavy atom. The van der Waals surface area contributed by atoms with Crippen LogP contribution < -0.4 is 5.73 Å². The second-order valence-corrected chi connectivity index (χ2v) is 2.92. The molecule has 8 heteroatoms. The van der Waals surface area contributed by atoms with Gasteiger partial charge in [-0.25, -0.2) is 0 Å². The lowest BCUT2D eigenvalue weighted by atomic mass is 10.3. The molecule has 0 aliphatic heterocycles. The number of carbonyl (C=O) groups is 1. The smallest absolute Gasteiger partial charge is 0.364 e. The Bertz CT molecular complexity index is 380. The van der Waals surface area contributed by atoms with Crippen molar-refractivity contribution in [3.63, 3.8) is 0 Å². The molecule has 0 atom stereocenters. The Morgan fingerprint density at radius 3 is 2.07 bits per heavy atom. The largest absolute Gasteiger partial charge is 0.394 e. The van der Waals surface area contributed by atoms with Crippen LogP contribution in [0.2, 0.25) is 0 Å². The molecule has 78 valence electrons. The van der Waals surface area contributed by atoms with E-state index in [1.165, 1.54) is 6.20 Å². The molecule has 0 aliphatic carbocycles. The second kappa shape index (κ2) is 5.27. The number of hydrogen-bond donors (Lipinski definition) is 3. The first-order valence-electron chi connectivity index (χ1n) is 3.21. The van der Waals surface area contributed by atoms with Crippen molar-refractivity contribution in [1.82, 2.24) is 4.98 Å². The van der Waals surface area contributed by atoms with Crippen molar-refractivity contribution in [2.24, 2.45) is 5.73 Å². The van der Waals surface area contributed by atoms with Crippen LogP contribution in [0.1, 0.15) is 10.5 Å². The van der Waals surface area contributed by atoms with Crippen LogP contribution in [0.4, 0.5) is 0 Å². The highest BCUT2D eigenvalue weighted by molar-refractivity contribution is 7.79. The number of rotatable bonds is 1. The highest BCUT2D eigenvalue weighted by atomic mass is 32.3. The van der Waals surface area contributed by atoms with E-state index in [0.29, 0.717) is 5.69 Å². The average Bonchev–Trinajstić information content (AvgIpc) is 2.03. The zero-order valence-electron chi connectivity index (χ0n) is 6.86. The van der Waals surface area contributed by atoms with E-state index >= 15 is 0 Å². The number of primary amides is 1. The van der Waals surface area contributed by atoms with E-state index in [-0.39, 0.29) is 0 Å². The predicted octanol–water partition coefficient (Wildman–Crippen LogP) is -0.472. The van der Waals surface area contributed by atoms with Gasteiger partial charge in [-0.1, -0.05) is 6.07 Å². The molecule has 1 aromatic rings. The summed E-state index contributed by atoms with van der Waals surface area (Å²) in [6, 6.07) is 5.02. The van der Waals surface area contributed by atoms with Crippen LogP contribution in [-0.4, -0.2) is 28.4 Å². The van der Waals surface area contributed by atoms with E-state index in [9.17, 15) is 4.79 Å². The summed E-state index contributed by atoms with van der Waals surface area (Å²) >= 11 is 0. The minimum atomic E-state index is -4.67. The fourth-order valence-electron chi connectivity index (χ4n) is 0.509. The fraction of sp³-hybridized carbons (Fsp3) is 0. The first-order valence-corrected chi connectivity index (χ1v) is 4.61. The first-order chi connectivity index (χ1) is 6.30. The second-order valence-electron chi connectivity index (χ2n) is 2.03. The molecule has 1 amide bonds. The van der Waals surface area contributed by atoms with Gasteiger partial charge in [0.1, 0.15) is 5.69 Å². The molecule has 0 bridgehead atoms. The van der Waals surface area contributed by atoms with Crippen LogP contribution in [0.25, 0.3) is 0 Å². The molecule has 0 spiro atoms. The van der Waals surface area contributed by atoms with E-state index < -0.39 is 16.3 Å². The Hall–Kier alpha value is -1.51. The van der Waals surface area contributed by atoms with Crippen LogP contribution in [-0.2, 0) is 10.4 Å². The molecule has 1 rings (SSSR count). The SMILES string of the molecule is NC(=O)c1ccccn1.O=S(=O)(O)O. The summed E-state index contributed by atoms with van der Waals surface area (Å²) in [7, 11) is -4.67. The highest BCUT2D eigenvalue weighted by Gasteiger charge is 1.95. The number of carbonyl (C=O) groups excluding carboxylic acids is 1. The summed E-state index contributed by atoms with van der Waals surface area (Å²) in [5.41, 5.74) is 5.22. The molecule has 14 heavy (non-hydrogen) atoms. The topological polar surface area (TPSA) is 131 Å². The Kier molecular flexibility index (Phi) is 4.70. The van der Waals surface area contributed by atoms with Crippen molar-refractivity contribution in [3.05, 3.63) is 30.1 Å². The number of nitrogens with two attached hydrogens (primary N) is 1. The Morgan fingerprint density at radius 1 is 1.36 bits per heavy atom. The summed E-state index contributed by atoms with van der Waals surface area (Å²) in [6.07, 6.45) is 1.53. The maximum absolute atomic E-state index is 10.4. The van der Waals surface area contributed by atoms with Crippen LogP contribution in [0.5, 0.6) is 0 Å². The summed E-state index contributed by atoms with van der Waals surface area (Å²) in [4.78, 5) is 14.1. The molecular formula is C6H8N2O5S. The van der Waals surface area contributed by atoms with Gasteiger partial charge in [-0.2, -0.15) is 8.42 Å². The quantitative estimate of drug-likeness (QED) is 0.548. The molecule has 0 fully saturated rings. The van der Waals surface area contributed by atoms with Crippen molar-refractivity contribution in [1.29, 1.82) is 0 Å². The van der Waals surface area contributed by atoms with Gasteiger partial charge < -0.3 is 5.73 Å². The van der Waals surface area contributed by atoms with Crippen LogP contribution in [0, 0.1) is 0 Å². The number of hydrogen-bond acceptors (Lipinski definition) is 4. The third-order valence-corrected chi connectivity index (χ3v) is 0.917. The first kappa shape index (κ1) is 12.5. The molecule has 4 N–H and O–H groups in total. The van der Waals surface area contributed by atoms with E-state index in [0.717, 1.165) is 0 Å². The monoisotopic (exact) mass is 220 g/mol. The Labute approximate surface area is 80.2 Å². The molecule has 0 aromatic carbocycles. The van der Waals surface area contributed by atoms with Gasteiger partial charge >= 0.3 is 10.4 Å². The van der Waals surface area contributed by atoms with Crippen molar-refractivity contribution >= 4 is 16.3 Å². The van der Waals surface area contributed by atoms with Gasteiger partial charge in [-0.3, -0.25) is 18.9 Å². The van der Waals surface area contributed by atoms with Crippen molar-refractivity contribution in [2.75, 3.05) is 0 Å². The van der Waals surface area contributed by atoms with Crippen molar-refractivity contribution in [3.8, 4) is 0 Å². The summed E-state index contributed by atoms with van der Waals surface area (Å²) in [6.45, 7) is 0. The van der Waals surface area contributed by atoms with Gasteiger partial charge in [0.15, 0.2) is 0 Å². The zero-order chi connectivity index (χ0) is 11.2. The minimum absolute atomic E-state index is 0.303.